The van der Waals surface area contributed by atoms with Gasteiger partial charge in [-0.1, -0.05) is 11.6 Å². The Labute approximate surface area is 149 Å². The van der Waals surface area contributed by atoms with Gasteiger partial charge in [-0.15, -0.1) is 12.4 Å². The first-order valence-electron chi connectivity index (χ1n) is 8.19. The minimum absolute atomic E-state index is 0. The molecule has 1 aromatic rings. The highest BCUT2D eigenvalue weighted by atomic mass is 35.5. The summed E-state index contributed by atoms with van der Waals surface area (Å²) in [6.45, 7) is 6.56. The van der Waals surface area contributed by atoms with Crippen molar-refractivity contribution in [2.75, 3.05) is 26.3 Å². The summed E-state index contributed by atoms with van der Waals surface area (Å²) < 4.78 is 11.4. The minimum atomic E-state index is 0. The Hall–Kier alpha value is -0.680. The van der Waals surface area contributed by atoms with E-state index < -0.39 is 0 Å². The Kier molecular flexibility index (Phi) is 6.84. The summed E-state index contributed by atoms with van der Waals surface area (Å²) in [5.74, 6) is 2.13. The zero-order chi connectivity index (χ0) is 15.5. The number of fused-ring (bicyclic) bond motifs is 1. The number of rotatable bonds is 3. The third-order valence-corrected chi connectivity index (χ3v) is 4.92. The number of nitrogens with two attached hydrogens (primary N) is 1. The van der Waals surface area contributed by atoms with E-state index in [2.05, 4.69) is 17.9 Å². The molecule has 2 heterocycles. The van der Waals surface area contributed by atoms with Crippen molar-refractivity contribution in [2.24, 2.45) is 11.7 Å². The second-order valence-electron chi connectivity index (χ2n) is 6.43. The van der Waals surface area contributed by atoms with Gasteiger partial charge < -0.3 is 15.2 Å². The first-order chi connectivity index (χ1) is 10.6. The van der Waals surface area contributed by atoms with E-state index in [0.717, 1.165) is 31.8 Å². The maximum atomic E-state index is 6.36. The lowest BCUT2D eigenvalue weighted by molar-refractivity contribution is 0.165. The predicted octanol–water partition coefficient (Wildman–Crippen LogP) is 3.48. The number of halogens is 2. The molecular weight excluding hydrogens is 335 g/mol. The maximum Gasteiger partial charge on any atom is 0.179 e. The number of nitrogens with zero attached hydrogens (tertiary/aromatic N) is 1. The number of hydrogen-bond acceptors (Lipinski definition) is 4. The standard InChI is InChI=1S/C17H25ClN2O2.ClH/c1-12(19)14-3-5-20(6-4-14)11-13-9-15(18)17-16(10-13)21-7-2-8-22-17;/h9-10,12,14H,2-8,11,19H2,1H3;1H. The second-order valence-corrected chi connectivity index (χ2v) is 6.84. The molecule has 2 aliphatic rings. The van der Waals surface area contributed by atoms with Crippen LogP contribution in [0.1, 0.15) is 31.7 Å². The van der Waals surface area contributed by atoms with E-state index in [1.807, 2.05) is 6.07 Å². The molecule has 0 spiro atoms. The van der Waals surface area contributed by atoms with Crippen LogP contribution in [-0.4, -0.2) is 37.2 Å². The Morgan fingerprint density at radius 2 is 1.96 bits per heavy atom. The smallest absolute Gasteiger partial charge is 0.179 e. The summed E-state index contributed by atoms with van der Waals surface area (Å²) in [6, 6.07) is 4.38. The maximum absolute atomic E-state index is 6.36. The topological polar surface area (TPSA) is 47.7 Å². The zero-order valence-corrected chi connectivity index (χ0v) is 15.2. The van der Waals surface area contributed by atoms with Gasteiger partial charge in [-0.2, -0.15) is 0 Å². The van der Waals surface area contributed by atoms with Crippen LogP contribution in [0, 0.1) is 5.92 Å². The third kappa shape index (κ3) is 4.66. The van der Waals surface area contributed by atoms with E-state index in [1.165, 1.54) is 18.4 Å². The molecule has 4 nitrogen and oxygen atoms in total. The van der Waals surface area contributed by atoms with Gasteiger partial charge in [0.25, 0.3) is 0 Å². The molecule has 3 rings (SSSR count). The van der Waals surface area contributed by atoms with Crippen molar-refractivity contribution in [3.63, 3.8) is 0 Å². The summed E-state index contributed by atoms with van der Waals surface area (Å²) in [4.78, 5) is 2.47. The molecule has 1 atom stereocenters. The van der Waals surface area contributed by atoms with Crippen molar-refractivity contribution in [3.8, 4) is 11.5 Å². The highest BCUT2D eigenvalue weighted by Crippen LogP contribution is 2.38. The van der Waals surface area contributed by atoms with Crippen molar-refractivity contribution in [3.05, 3.63) is 22.7 Å². The van der Waals surface area contributed by atoms with Gasteiger partial charge in [0.1, 0.15) is 0 Å². The van der Waals surface area contributed by atoms with Crippen LogP contribution in [0.15, 0.2) is 12.1 Å². The fourth-order valence-electron chi connectivity index (χ4n) is 3.27. The number of hydrogen-bond donors (Lipinski definition) is 1. The zero-order valence-electron chi connectivity index (χ0n) is 13.6. The van der Waals surface area contributed by atoms with Crippen LogP contribution in [0.25, 0.3) is 0 Å². The van der Waals surface area contributed by atoms with Gasteiger partial charge in [-0.05, 0) is 56.5 Å². The number of likely N-dealkylation sites (tertiary alicyclic amines) is 1. The Bertz CT molecular complexity index is 518. The van der Waals surface area contributed by atoms with E-state index >= 15 is 0 Å². The van der Waals surface area contributed by atoms with E-state index in [1.54, 1.807) is 0 Å². The fourth-order valence-corrected chi connectivity index (χ4v) is 3.56. The number of ether oxygens (including phenoxy) is 2. The van der Waals surface area contributed by atoms with Gasteiger partial charge in [0.2, 0.25) is 0 Å². The molecule has 0 aliphatic carbocycles. The van der Waals surface area contributed by atoms with Gasteiger partial charge in [0.15, 0.2) is 11.5 Å². The molecule has 0 bridgehead atoms. The normalized spacial score (nSPS) is 20.5. The van der Waals surface area contributed by atoms with Crippen LogP contribution < -0.4 is 15.2 Å². The summed E-state index contributed by atoms with van der Waals surface area (Å²) in [5.41, 5.74) is 7.20. The molecule has 0 saturated carbocycles. The SMILES string of the molecule is CC(N)C1CCN(Cc2cc(Cl)c3c(c2)OCCCO3)CC1.Cl. The fraction of sp³-hybridized carbons (Fsp3) is 0.647. The molecule has 130 valence electrons. The molecule has 1 saturated heterocycles. The van der Waals surface area contributed by atoms with Crippen LogP contribution in [-0.2, 0) is 6.54 Å². The quantitative estimate of drug-likeness (QED) is 0.896. The number of benzene rings is 1. The van der Waals surface area contributed by atoms with E-state index in [-0.39, 0.29) is 12.4 Å². The molecule has 1 aromatic carbocycles. The molecule has 23 heavy (non-hydrogen) atoms. The van der Waals surface area contributed by atoms with Gasteiger partial charge in [-0.3, -0.25) is 4.90 Å². The molecule has 0 aromatic heterocycles. The van der Waals surface area contributed by atoms with Crippen LogP contribution in [0.2, 0.25) is 5.02 Å². The second kappa shape index (κ2) is 8.43. The van der Waals surface area contributed by atoms with Crippen molar-refractivity contribution in [1.29, 1.82) is 0 Å². The van der Waals surface area contributed by atoms with Crippen molar-refractivity contribution in [2.45, 2.75) is 38.8 Å². The molecule has 2 N–H and O–H groups in total. The first-order valence-corrected chi connectivity index (χ1v) is 8.57. The Morgan fingerprint density at radius 3 is 2.65 bits per heavy atom. The van der Waals surface area contributed by atoms with Gasteiger partial charge in [0.05, 0.1) is 18.2 Å². The van der Waals surface area contributed by atoms with Crippen molar-refractivity contribution in [1.82, 2.24) is 4.90 Å². The van der Waals surface area contributed by atoms with Crippen molar-refractivity contribution < 1.29 is 9.47 Å². The largest absolute Gasteiger partial charge is 0.489 e. The molecule has 0 radical (unpaired) electrons. The summed E-state index contributed by atoms with van der Waals surface area (Å²) in [7, 11) is 0. The number of piperidine rings is 1. The van der Waals surface area contributed by atoms with E-state index in [4.69, 9.17) is 26.8 Å². The molecule has 0 amide bonds. The minimum Gasteiger partial charge on any atom is -0.489 e. The molecule has 1 unspecified atom stereocenters. The average molecular weight is 361 g/mol. The Morgan fingerprint density at radius 1 is 1.26 bits per heavy atom. The predicted molar refractivity (Wildman–Crippen MR) is 96.0 cm³/mol. The van der Waals surface area contributed by atoms with Crippen LogP contribution in [0.4, 0.5) is 0 Å². The third-order valence-electron chi connectivity index (χ3n) is 4.64. The Balaban J connectivity index is 0.00000192. The highest BCUT2D eigenvalue weighted by Gasteiger charge is 2.23. The van der Waals surface area contributed by atoms with Gasteiger partial charge in [0, 0.05) is 19.0 Å². The van der Waals surface area contributed by atoms with Crippen LogP contribution in [0.5, 0.6) is 11.5 Å². The monoisotopic (exact) mass is 360 g/mol. The lowest BCUT2D eigenvalue weighted by Crippen LogP contribution is -2.39. The summed E-state index contributed by atoms with van der Waals surface area (Å²) >= 11 is 6.36. The summed E-state index contributed by atoms with van der Waals surface area (Å²) in [5, 5.41) is 0.653. The van der Waals surface area contributed by atoms with E-state index in [0.29, 0.717) is 35.9 Å². The molecular formula is C17H26Cl2N2O2. The molecule has 6 heteroatoms. The van der Waals surface area contributed by atoms with Gasteiger partial charge >= 0.3 is 0 Å². The highest BCUT2D eigenvalue weighted by molar-refractivity contribution is 6.32. The van der Waals surface area contributed by atoms with Gasteiger partial charge in [-0.25, -0.2) is 0 Å². The lowest BCUT2D eigenvalue weighted by atomic mass is 9.91. The van der Waals surface area contributed by atoms with E-state index in [9.17, 15) is 0 Å². The summed E-state index contributed by atoms with van der Waals surface area (Å²) in [6.07, 6.45) is 3.25. The average Bonchev–Trinajstić information content (AvgIpc) is 2.73. The van der Waals surface area contributed by atoms with Crippen molar-refractivity contribution >= 4 is 24.0 Å². The lowest BCUT2D eigenvalue weighted by Gasteiger charge is -2.33. The van der Waals surface area contributed by atoms with Crippen LogP contribution in [0.3, 0.4) is 0 Å². The molecule has 1 fully saturated rings. The first kappa shape index (κ1) is 18.7. The molecule has 2 aliphatic heterocycles. The van der Waals surface area contributed by atoms with Crippen LogP contribution >= 0.6 is 24.0 Å².